The summed E-state index contributed by atoms with van der Waals surface area (Å²) in [5, 5.41) is 27.2. The van der Waals surface area contributed by atoms with E-state index in [0.717, 1.165) is 38.5 Å². The first-order chi connectivity index (χ1) is 20.7. The maximum Gasteiger partial charge on any atom is 0.490 e. The topological polar surface area (TPSA) is 159 Å². The Morgan fingerprint density at radius 3 is 1.93 bits per heavy atom. The molecule has 3 unspecified atom stereocenters. The molecule has 4 rings (SSSR count). The lowest BCUT2D eigenvalue weighted by molar-refractivity contribution is -0.193. The Balaban J connectivity index is 0.000000396. The van der Waals surface area contributed by atoms with Gasteiger partial charge >= 0.3 is 36.4 Å². The lowest BCUT2D eigenvalue weighted by atomic mass is 10.1. The summed E-state index contributed by atoms with van der Waals surface area (Å²) in [5.41, 5.74) is 0.977. The van der Waals surface area contributed by atoms with Crippen molar-refractivity contribution >= 4 is 29.2 Å². The van der Waals surface area contributed by atoms with Gasteiger partial charge in [0.2, 0.25) is 0 Å². The summed E-state index contributed by atoms with van der Waals surface area (Å²) in [4.78, 5) is 34.9. The van der Waals surface area contributed by atoms with Gasteiger partial charge < -0.3 is 30.1 Å². The lowest BCUT2D eigenvalue weighted by Gasteiger charge is -2.32. The number of carboxylic acids is 3. The smallest absolute Gasteiger partial charge is 0.475 e. The van der Waals surface area contributed by atoms with Gasteiger partial charge in [0.05, 0.1) is 37.7 Å². The second kappa shape index (κ2) is 17.8. The van der Waals surface area contributed by atoms with E-state index in [1.165, 1.54) is 4.88 Å². The molecule has 0 spiro atoms. The number of hydrogen-bond acceptors (Lipinski definition) is 9. The molecule has 2 aromatic heterocycles. The van der Waals surface area contributed by atoms with E-state index in [-0.39, 0.29) is 6.10 Å². The van der Waals surface area contributed by atoms with Gasteiger partial charge in [-0.1, -0.05) is 12.1 Å². The van der Waals surface area contributed by atoms with Crippen molar-refractivity contribution in [3.63, 3.8) is 0 Å². The molecule has 0 amide bonds. The fourth-order valence-electron chi connectivity index (χ4n) is 3.53. The number of aliphatic carboxylic acids is 3. The van der Waals surface area contributed by atoms with Crippen molar-refractivity contribution in [2.45, 2.75) is 49.9 Å². The predicted octanol–water partition coefficient (Wildman–Crippen LogP) is 3.80. The molecule has 4 N–H and O–H groups in total. The minimum atomic E-state index is -5.08. The number of halogens is 9. The Morgan fingerprint density at radius 1 is 0.933 bits per heavy atom. The van der Waals surface area contributed by atoms with Gasteiger partial charge in [-0.3, -0.25) is 9.88 Å². The molecule has 0 aromatic carbocycles. The molecule has 2 saturated heterocycles. The van der Waals surface area contributed by atoms with Gasteiger partial charge in [0.1, 0.15) is 0 Å². The summed E-state index contributed by atoms with van der Waals surface area (Å²) < 4.78 is 107. The van der Waals surface area contributed by atoms with Crippen LogP contribution in [0.3, 0.4) is 0 Å². The van der Waals surface area contributed by atoms with Gasteiger partial charge in [0, 0.05) is 36.8 Å². The molecule has 4 heterocycles. The highest BCUT2D eigenvalue weighted by molar-refractivity contribution is 7.09. The van der Waals surface area contributed by atoms with Crippen LogP contribution in [0.2, 0.25) is 0 Å². The van der Waals surface area contributed by atoms with E-state index in [1.807, 2.05) is 24.4 Å². The molecule has 0 radical (unpaired) electrons. The van der Waals surface area contributed by atoms with Crippen molar-refractivity contribution < 1.29 is 78.7 Å². The third kappa shape index (κ3) is 15.3. The molecular weight excluding hydrogens is 661 g/mol. The van der Waals surface area contributed by atoms with Crippen LogP contribution >= 0.6 is 11.3 Å². The first kappa shape index (κ1) is 39.5. The van der Waals surface area contributed by atoms with Crippen molar-refractivity contribution in [3.05, 3.63) is 52.5 Å². The number of alkyl halides is 9. The molecule has 2 aromatic rings. The molecule has 45 heavy (non-hydrogen) atoms. The van der Waals surface area contributed by atoms with Crippen molar-refractivity contribution in [2.75, 3.05) is 26.3 Å². The monoisotopic (exact) mass is 687 g/mol. The Hall–Kier alpha value is -3.53. The average molecular weight is 688 g/mol. The number of morpholine rings is 1. The largest absolute Gasteiger partial charge is 0.490 e. The van der Waals surface area contributed by atoms with Crippen LogP contribution in [-0.2, 0) is 37.0 Å². The third-order valence-corrected chi connectivity index (χ3v) is 6.36. The molecule has 2 fully saturated rings. The Morgan fingerprint density at radius 2 is 1.49 bits per heavy atom. The van der Waals surface area contributed by atoms with Gasteiger partial charge in [-0.05, 0) is 23.6 Å². The highest BCUT2D eigenvalue weighted by Crippen LogP contribution is 2.26. The number of pyridine rings is 1. The maximum absolute atomic E-state index is 10.6. The standard InChI is InChI=1S/C18H23N3O2S.3C2HF3O2/c1-2-6-19-14(4-1)12-23-18-16(20-10-15-5-3-9-24-15)11-21-7-8-22-13-17(18)21;3*3-2(4,5)1(6)7/h1-6,9,16-18,20H,7-8,10-13H2;3*(H,6,7). The van der Waals surface area contributed by atoms with Crippen LogP contribution in [0.15, 0.2) is 41.9 Å². The van der Waals surface area contributed by atoms with Crippen LogP contribution < -0.4 is 5.32 Å². The van der Waals surface area contributed by atoms with Crippen molar-refractivity contribution in [1.29, 1.82) is 0 Å². The molecular formula is C24H26F9N3O8S. The zero-order chi connectivity index (χ0) is 34.4. The average Bonchev–Trinajstić information content (AvgIpc) is 3.58. The van der Waals surface area contributed by atoms with Crippen LogP contribution in [0.4, 0.5) is 39.5 Å². The second-order valence-corrected chi connectivity index (χ2v) is 9.74. The first-order valence-electron chi connectivity index (χ1n) is 12.2. The number of nitrogens with one attached hydrogen (secondary N) is 1. The number of thiophene rings is 1. The molecule has 11 nitrogen and oxygen atoms in total. The molecule has 0 aliphatic carbocycles. The molecule has 3 atom stereocenters. The van der Waals surface area contributed by atoms with E-state index in [0.29, 0.717) is 18.7 Å². The fourth-order valence-corrected chi connectivity index (χ4v) is 4.18. The summed E-state index contributed by atoms with van der Waals surface area (Å²) in [5.74, 6) is -8.27. The minimum Gasteiger partial charge on any atom is -0.475 e. The maximum atomic E-state index is 10.6. The van der Waals surface area contributed by atoms with Crippen molar-refractivity contribution in [1.82, 2.24) is 15.2 Å². The summed E-state index contributed by atoms with van der Waals surface area (Å²) in [6, 6.07) is 10.9. The van der Waals surface area contributed by atoms with Crippen molar-refractivity contribution in [2.24, 2.45) is 0 Å². The van der Waals surface area contributed by atoms with E-state index in [1.54, 1.807) is 11.3 Å². The fraction of sp³-hybridized carbons (Fsp3) is 0.500. The Kier molecular flexibility index (Phi) is 15.6. The molecule has 2 aliphatic rings. The zero-order valence-electron chi connectivity index (χ0n) is 22.6. The molecule has 0 saturated carbocycles. The summed E-state index contributed by atoms with van der Waals surface area (Å²) in [6.45, 7) is 5.03. The van der Waals surface area contributed by atoms with Gasteiger partial charge in [0.25, 0.3) is 0 Å². The number of aromatic nitrogens is 1. The lowest BCUT2D eigenvalue weighted by Crippen LogP contribution is -2.47. The molecule has 21 heteroatoms. The summed E-state index contributed by atoms with van der Waals surface area (Å²) in [6.07, 6.45) is -13.3. The van der Waals surface area contributed by atoms with Crippen LogP contribution in [0.25, 0.3) is 0 Å². The van der Waals surface area contributed by atoms with Gasteiger partial charge in [-0.2, -0.15) is 39.5 Å². The van der Waals surface area contributed by atoms with Crippen LogP contribution in [-0.4, -0.2) is 106 Å². The van der Waals surface area contributed by atoms with Gasteiger partial charge in [-0.25, -0.2) is 14.4 Å². The number of ether oxygens (including phenoxy) is 2. The number of nitrogens with zero attached hydrogens (tertiary/aromatic N) is 2. The van der Waals surface area contributed by atoms with E-state index in [9.17, 15) is 39.5 Å². The minimum absolute atomic E-state index is 0.132. The Bertz CT molecular complexity index is 1130. The van der Waals surface area contributed by atoms with E-state index in [4.69, 9.17) is 39.2 Å². The van der Waals surface area contributed by atoms with Crippen LogP contribution in [0, 0.1) is 0 Å². The molecule has 2 aliphatic heterocycles. The van der Waals surface area contributed by atoms with Gasteiger partial charge in [-0.15, -0.1) is 11.3 Å². The predicted molar refractivity (Wildman–Crippen MR) is 135 cm³/mol. The first-order valence-corrected chi connectivity index (χ1v) is 13.1. The van der Waals surface area contributed by atoms with Crippen LogP contribution in [0.5, 0.6) is 0 Å². The van der Waals surface area contributed by atoms with E-state index >= 15 is 0 Å². The van der Waals surface area contributed by atoms with Gasteiger partial charge in [0.15, 0.2) is 0 Å². The third-order valence-electron chi connectivity index (χ3n) is 5.48. The number of hydrogen-bond donors (Lipinski definition) is 4. The number of carboxylic acid groups (broad SMARTS) is 3. The van der Waals surface area contributed by atoms with E-state index in [2.05, 4.69) is 32.7 Å². The highest BCUT2D eigenvalue weighted by atomic mass is 32.1. The van der Waals surface area contributed by atoms with Crippen molar-refractivity contribution in [3.8, 4) is 0 Å². The van der Waals surface area contributed by atoms with Crippen LogP contribution in [0.1, 0.15) is 10.6 Å². The summed E-state index contributed by atoms with van der Waals surface area (Å²) >= 11 is 1.79. The van der Waals surface area contributed by atoms with E-state index < -0.39 is 36.4 Å². The second-order valence-electron chi connectivity index (χ2n) is 8.71. The Labute approximate surface area is 252 Å². The quantitative estimate of drug-likeness (QED) is 0.328. The summed E-state index contributed by atoms with van der Waals surface area (Å²) in [7, 11) is 0. The normalized spacial score (nSPS) is 19.8. The molecule has 254 valence electrons. The highest BCUT2D eigenvalue weighted by Gasteiger charge is 2.44. The SMILES string of the molecule is O=C(O)C(F)(F)F.O=C(O)C(F)(F)F.O=C(O)C(F)(F)F.c1ccc(COC2C(NCc3cccs3)CN3CCOCC23)nc1. The number of rotatable bonds is 6. The number of carbonyl (C=O) groups is 3. The number of fused-ring (bicyclic) bond motifs is 1. The zero-order valence-corrected chi connectivity index (χ0v) is 23.4. The molecule has 0 bridgehead atoms.